The summed E-state index contributed by atoms with van der Waals surface area (Å²) in [4.78, 5) is 34.0. The summed E-state index contributed by atoms with van der Waals surface area (Å²) in [5, 5.41) is 0.553. The van der Waals surface area contributed by atoms with Crippen LogP contribution in [0.3, 0.4) is 0 Å². The van der Waals surface area contributed by atoms with Crippen molar-refractivity contribution in [3.05, 3.63) is 59.4 Å². The van der Waals surface area contributed by atoms with E-state index in [1.807, 2.05) is 65.8 Å². The number of anilines is 1. The van der Waals surface area contributed by atoms with E-state index in [1.165, 1.54) is 0 Å². The lowest BCUT2D eigenvalue weighted by atomic mass is 10.1. The van der Waals surface area contributed by atoms with E-state index in [2.05, 4.69) is 0 Å². The fourth-order valence-corrected chi connectivity index (χ4v) is 4.41. The van der Waals surface area contributed by atoms with Crippen LogP contribution in [-0.2, 0) is 16.1 Å². The van der Waals surface area contributed by atoms with Crippen LogP contribution in [0, 0.1) is 0 Å². The van der Waals surface area contributed by atoms with Gasteiger partial charge in [0, 0.05) is 32.0 Å². The molecule has 0 N–H and O–H groups in total. The Morgan fingerprint density at radius 1 is 1.13 bits per heavy atom. The van der Waals surface area contributed by atoms with E-state index in [-0.39, 0.29) is 24.3 Å². The van der Waals surface area contributed by atoms with Crippen molar-refractivity contribution >= 4 is 40.1 Å². The minimum absolute atomic E-state index is 0.0155. The standard InChI is InChI=1S/C23H25ClN4O2/c1-3-26(4-2)22(30)15-28-20-12-8-6-10-18(20)25-23(28)16-13-21(29)27(14-16)19-11-7-5-9-17(19)24/h5-12,16H,3-4,13-15H2,1-2H3. The number of nitrogens with zero attached hydrogens (tertiary/aromatic N) is 4. The zero-order valence-corrected chi connectivity index (χ0v) is 18.0. The number of rotatable bonds is 6. The number of aromatic nitrogens is 2. The number of amides is 2. The Hall–Kier alpha value is -2.86. The van der Waals surface area contributed by atoms with Gasteiger partial charge in [-0.2, -0.15) is 0 Å². The number of hydrogen-bond donors (Lipinski definition) is 0. The lowest BCUT2D eigenvalue weighted by Gasteiger charge is -2.21. The van der Waals surface area contributed by atoms with E-state index >= 15 is 0 Å². The van der Waals surface area contributed by atoms with Crippen molar-refractivity contribution in [1.82, 2.24) is 14.5 Å². The van der Waals surface area contributed by atoms with Crippen LogP contribution in [0.1, 0.15) is 32.0 Å². The Morgan fingerprint density at radius 2 is 1.83 bits per heavy atom. The van der Waals surface area contributed by atoms with Crippen molar-refractivity contribution in [3.8, 4) is 0 Å². The molecule has 1 aliphatic heterocycles. The molecule has 30 heavy (non-hydrogen) atoms. The van der Waals surface area contributed by atoms with Crippen molar-refractivity contribution in [2.24, 2.45) is 0 Å². The van der Waals surface area contributed by atoms with Crippen molar-refractivity contribution in [1.29, 1.82) is 0 Å². The van der Waals surface area contributed by atoms with Crippen LogP contribution >= 0.6 is 11.6 Å². The van der Waals surface area contributed by atoms with Gasteiger partial charge in [0.2, 0.25) is 11.8 Å². The van der Waals surface area contributed by atoms with Crippen molar-refractivity contribution in [2.75, 3.05) is 24.5 Å². The van der Waals surface area contributed by atoms with Crippen LogP contribution < -0.4 is 4.90 Å². The lowest BCUT2D eigenvalue weighted by Crippen LogP contribution is -2.34. The summed E-state index contributed by atoms with van der Waals surface area (Å²) in [5.41, 5.74) is 2.47. The van der Waals surface area contributed by atoms with Gasteiger partial charge in [0.05, 0.1) is 21.7 Å². The normalized spacial score (nSPS) is 16.4. The van der Waals surface area contributed by atoms with Crippen molar-refractivity contribution < 1.29 is 9.59 Å². The molecular weight excluding hydrogens is 400 g/mol. The highest BCUT2D eigenvalue weighted by atomic mass is 35.5. The Labute approximate surface area is 181 Å². The molecule has 156 valence electrons. The molecule has 2 amide bonds. The molecule has 0 bridgehead atoms. The summed E-state index contributed by atoms with van der Waals surface area (Å²) < 4.78 is 1.98. The lowest BCUT2D eigenvalue weighted by molar-refractivity contribution is -0.131. The van der Waals surface area contributed by atoms with Crippen LogP contribution in [0.4, 0.5) is 5.69 Å². The first-order chi connectivity index (χ1) is 14.5. The number of halogens is 1. The number of imidazole rings is 1. The van der Waals surface area contributed by atoms with Gasteiger partial charge in [0.1, 0.15) is 12.4 Å². The van der Waals surface area contributed by atoms with E-state index in [4.69, 9.17) is 16.6 Å². The van der Waals surface area contributed by atoms with Crippen molar-refractivity contribution in [2.45, 2.75) is 32.7 Å². The van der Waals surface area contributed by atoms with Gasteiger partial charge in [-0.3, -0.25) is 9.59 Å². The summed E-state index contributed by atoms with van der Waals surface area (Å²) >= 11 is 6.33. The Bertz CT molecular complexity index is 1090. The molecule has 0 aliphatic carbocycles. The molecule has 0 saturated carbocycles. The monoisotopic (exact) mass is 424 g/mol. The maximum Gasteiger partial charge on any atom is 0.242 e. The molecule has 1 unspecified atom stereocenters. The minimum Gasteiger partial charge on any atom is -0.342 e. The van der Waals surface area contributed by atoms with Gasteiger partial charge in [-0.15, -0.1) is 0 Å². The predicted molar refractivity (Wildman–Crippen MR) is 119 cm³/mol. The van der Waals surface area contributed by atoms with E-state index in [0.29, 0.717) is 36.8 Å². The average Bonchev–Trinajstić information content (AvgIpc) is 3.30. The average molecular weight is 425 g/mol. The van der Waals surface area contributed by atoms with Gasteiger partial charge >= 0.3 is 0 Å². The third kappa shape index (κ3) is 3.67. The zero-order valence-electron chi connectivity index (χ0n) is 17.2. The summed E-state index contributed by atoms with van der Waals surface area (Å²) in [6, 6.07) is 15.2. The second-order valence-electron chi connectivity index (χ2n) is 7.47. The van der Waals surface area contributed by atoms with E-state index in [0.717, 1.165) is 16.9 Å². The highest BCUT2D eigenvalue weighted by Gasteiger charge is 2.36. The number of carbonyl (C=O) groups excluding carboxylic acids is 2. The highest BCUT2D eigenvalue weighted by Crippen LogP contribution is 2.36. The quantitative estimate of drug-likeness (QED) is 0.599. The fourth-order valence-electron chi connectivity index (χ4n) is 4.17. The fraction of sp³-hybridized carbons (Fsp3) is 0.348. The molecule has 4 rings (SSSR count). The van der Waals surface area contributed by atoms with Gasteiger partial charge in [0.25, 0.3) is 0 Å². The summed E-state index contributed by atoms with van der Waals surface area (Å²) in [6.45, 7) is 6.00. The number of carbonyl (C=O) groups is 2. The maximum absolute atomic E-state index is 12.9. The topological polar surface area (TPSA) is 58.4 Å². The Morgan fingerprint density at radius 3 is 2.57 bits per heavy atom. The largest absolute Gasteiger partial charge is 0.342 e. The molecule has 1 atom stereocenters. The van der Waals surface area contributed by atoms with Crippen LogP contribution in [0.2, 0.25) is 5.02 Å². The molecule has 3 aromatic rings. The van der Waals surface area contributed by atoms with Gasteiger partial charge in [-0.25, -0.2) is 4.98 Å². The summed E-state index contributed by atoms with van der Waals surface area (Å²) in [7, 11) is 0. The third-order valence-corrected chi connectivity index (χ3v) is 6.05. The highest BCUT2D eigenvalue weighted by molar-refractivity contribution is 6.33. The molecule has 1 fully saturated rings. The molecule has 1 aliphatic rings. The van der Waals surface area contributed by atoms with E-state index in [9.17, 15) is 9.59 Å². The summed E-state index contributed by atoms with van der Waals surface area (Å²) in [6.07, 6.45) is 0.341. The van der Waals surface area contributed by atoms with Crippen LogP contribution in [0.15, 0.2) is 48.5 Å². The molecule has 2 heterocycles. The molecule has 2 aromatic carbocycles. The first kappa shape index (κ1) is 20.4. The van der Waals surface area contributed by atoms with E-state index in [1.54, 1.807) is 11.0 Å². The molecular formula is C23H25ClN4O2. The first-order valence-electron chi connectivity index (χ1n) is 10.3. The molecule has 1 aromatic heterocycles. The van der Waals surface area contributed by atoms with Crippen LogP contribution in [0.25, 0.3) is 11.0 Å². The second kappa shape index (κ2) is 8.48. The van der Waals surface area contributed by atoms with Gasteiger partial charge < -0.3 is 14.4 Å². The Balaban J connectivity index is 1.70. The number of benzene rings is 2. The molecule has 0 spiro atoms. The minimum atomic E-state index is -0.106. The smallest absolute Gasteiger partial charge is 0.242 e. The number of likely N-dealkylation sites (N-methyl/N-ethyl adjacent to an activating group) is 1. The number of para-hydroxylation sites is 3. The van der Waals surface area contributed by atoms with E-state index < -0.39 is 0 Å². The van der Waals surface area contributed by atoms with Crippen LogP contribution in [-0.4, -0.2) is 45.9 Å². The predicted octanol–water partition coefficient (Wildman–Crippen LogP) is 4.08. The number of fused-ring (bicyclic) bond motifs is 1. The van der Waals surface area contributed by atoms with Crippen LogP contribution in [0.5, 0.6) is 0 Å². The second-order valence-corrected chi connectivity index (χ2v) is 7.87. The molecule has 7 heteroatoms. The number of hydrogen-bond acceptors (Lipinski definition) is 3. The zero-order chi connectivity index (χ0) is 21.3. The molecule has 0 radical (unpaired) electrons. The SMILES string of the molecule is CCN(CC)C(=O)Cn1c(C2CC(=O)N(c3ccccc3Cl)C2)nc2ccccc21. The maximum atomic E-state index is 12.9. The van der Waals surface area contributed by atoms with Gasteiger partial charge in [0.15, 0.2) is 0 Å². The third-order valence-electron chi connectivity index (χ3n) is 5.73. The molecule has 1 saturated heterocycles. The van der Waals surface area contributed by atoms with Gasteiger partial charge in [-0.1, -0.05) is 35.9 Å². The van der Waals surface area contributed by atoms with Crippen molar-refractivity contribution in [3.63, 3.8) is 0 Å². The Kier molecular flexibility index (Phi) is 5.77. The molecule has 6 nitrogen and oxygen atoms in total. The first-order valence-corrected chi connectivity index (χ1v) is 10.7. The van der Waals surface area contributed by atoms with Gasteiger partial charge in [-0.05, 0) is 38.1 Å². The summed E-state index contributed by atoms with van der Waals surface area (Å²) in [5.74, 6) is 0.740.